The van der Waals surface area contributed by atoms with E-state index in [1.165, 1.54) is 39.7 Å². The topological polar surface area (TPSA) is 72.9 Å². The third kappa shape index (κ3) is 6.40. The Bertz CT molecular complexity index is 754. The zero-order chi connectivity index (χ0) is 20.7. The van der Waals surface area contributed by atoms with Gasteiger partial charge in [0.2, 0.25) is 5.91 Å². The molecule has 0 aromatic heterocycles. The van der Waals surface area contributed by atoms with Crippen molar-refractivity contribution in [1.29, 1.82) is 0 Å². The van der Waals surface area contributed by atoms with Crippen molar-refractivity contribution in [3.05, 3.63) is 23.8 Å². The fraction of sp³-hybridized carbons (Fsp3) is 0.667. The summed E-state index contributed by atoms with van der Waals surface area (Å²) in [5.41, 5.74) is 0.810. The van der Waals surface area contributed by atoms with Crippen LogP contribution in [0.2, 0.25) is 0 Å². The minimum Gasteiger partial charge on any atom is -0.493 e. The van der Waals surface area contributed by atoms with Crippen LogP contribution in [0.25, 0.3) is 0 Å². The van der Waals surface area contributed by atoms with Crippen molar-refractivity contribution < 1.29 is 22.1 Å². The van der Waals surface area contributed by atoms with Crippen LogP contribution in [-0.2, 0) is 21.5 Å². The van der Waals surface area contributed by atoms with E-state index in [4.69, 9.17) is 8.92 Å². The molecule has 0 saturated heterocycles. The Morgan fingerprint density at radius 1 is 1.21 bits per heavy atom. The maximum absolute atomic E-state index is 12.8. The van der Waals surface area contributed by atoms with Gasteiger partial charge < -0.3 is 13.8 Å². The lowest BCUT2D eigenvalue weighted by atomic mass is 10.0. The van der Waals surface area contributed by atoms with E-state index in [0.29, 0.717) is 24.6 Å². The number of rotatable bonds is 10. The molecule has 0 aliphatic heterocycles. The third-order valence-corrected chi connectivity index (χ3v) is 6.48. The maximum Gasteiger partial charge on any atom is 0.309 e. The molecule has 1 aromatic rings. The summed E-state index contributed by atoms with van der Waals surface area (Å²) in [5.74, 6) is 1.20. The summed E-state index contributed by atoms with van der Waals surface area (Å²) < 4.78 is 34.1. The van der Waals surface area contributed by atoms with Gasteiger partial charge in [-0.1, -0.05) is 31.7 Å². The summed E-state index contributed by atoms with van der Waals surface area (Å²) in [4.78, 5) is 14.6. The smallest absolute Gasteiger partial charge is 0.309 e. The van der Waals surface area contributed by atoms with Crippen LogP contribution in [0.5, 0.6) is 11.5 Å². The van der Waals surface area contributed by atoms with Gasteiger partial charge >= 0.3 is 10.1 Å². The summed E-state index contributed by atoms with van der Waals surface area (Å²) in [6, 6.07) is 5.22. The normalized spacial score (nSPS) is 15.0. The molecule has 0 spiro atoms. The van der Waals surface area contributed by atoms with Crippen molar-refractivity contribution in [2.24, 2.45) is 5.92 Å². The van der Waals surface area contributed by atoms with Crippen molar-refractivity contribution in [2.45, 2.75) is 71.9 Å². The molecule has 1 aliphatic rings. The molecule has 0 bridgehead atoms. The second-order valence-electron chi connectivity index (χ2n) is 7.72. The molecule has 7 heteroatoms. The minimum absolute atomic E-state index is 0.0573. The molecule has 158 valence electrons. The monoisotopic (exact) mass is 411 g/mol. The first-order valence-electron chi connectivity index (χ1n) is 10.1. The van der Waals surface area contributed by atoms with Gasteiger partial charge in [-0.05, 0) is 50.8 Å². The predicted octanol–water partition coefficient (Wildman–Crippen LogP) is 4.13. The van der Waals surface area contributed by atoms with Crippen molar-refractivity contribution in [2.75, 3.05) is 12.9 Å². The van der Waals surface area contributed by atoms with E-state index >= 15 is 0 Å². The van der Waals surface area contributed by atoms with Crippen LogP contribution in [0.1, 0.15) is 64.9 Å². The minimum atomic E-state index is -3.66. The Labute approximate surface area is 169 Å². The van der Waals surface area contributed by atoms with Crippen LogP contribution in [0.15, 0.2) is 18.2 Å². The van der Waals surface area contributed by atoms with E-state index in [1.54, 1.807) is 12.1 Å². The van der Waals surface area contributed by atoms with Crippen molar-refractivity contribution in [3.63, 3.8) is 0 Å². The molecular formula is C21H33NO5S. The van der Waals surface area contributed by atoms with Gasteiger partial charge in [-0.25, -0.2) is 0 Å². The Hall–Kier alpha value is -1.76. The summed E-state index contributed by atoms with van der Waals surface area (Å²) in [7, 11) is -2.20. The van der Waals surface area contributed by atoms with Gasteiger partial charge in [0.25, 0.3) is 0 Å². The van der Waals surface area contributed by atoms with Crippen LogP contribution >= 0.6 is 0 Å². The van der Waals surface area contributed by atoms with Crippen molar-refractivity contribution in [1.82, 2.24) is 4.90 Å². The predicted molar refractivity (Wildman–Crippen MR) is 110 cm³/mol. The summed E-state index contributed by atoms with van der Waals surface area (Å²) in [5, 5.41) is 0. The molecule has 1 aromatic carbocycles. The molecule has 6 nitrogen and oxygen atoms in total. The number of carbonyl (C=O) groups excluding carboxylic acids is 1. The van der Waals surface area contributed by atoms with Crippen molar-refractivity contribution in [3.8, 4) is 11.5 Å². The van der Waals surface area contributed by atoms with Crippen LogP contribution in [0.4, 0.5) is 0 Å². The molecule has 0 heterocycles. The van der Waals surface area contributed by atoms with Crippen LogP contribution in [0, 0.1) is 5.92 Å². The second-order valence-corrected chi connectivity index (χ2v) is 9.58. The molecular weight excluding hydrogens is 378 g/mol. The first-order valence-corrected chi connectivity index (χ1v) is 11.7. The summed E-state index contributed by atoms with van der Waals surface area (Å²) in [6.45, 7) is 5.93. The molecule has 2 rings (SSSR count). The lowest BCUT2D eigenvalue weighted by molar-refractivity contribution is -0.133. The van der Waals surface area contributed by atoms with Crippen LogP contribution < -0.4 is 8.92 Å². The zero-order valence-electron chi connectivity index (χ0n) is 17.4. The van der Waals surface area contributed by atoms with Crippen LogP contribution in [-0.4, -0.2) is 38.1 Å². The number of benzene rings is 1. The standard InChI is InChI=1S/C21H33NO5S/c1-5-28(24,25)27-20-14-18(10-12-19(20)26-4)15-22(16(2)3)21(23)13-11-17-8-6-7-9-17/h10,12,14,16-17H,5-9,11,13,15H2,1-4H3. The largest absolute Gasteiger partial charge is 0.493 e. The van der Waals surface area contributed by atoms with Crippen molar-refractivity contribution >= 4 is 16.0 Å². The first kappa shape index (κ1) is 22.5. The highest BCUT2D eigenvalue weighted by atomic mass is 32.2. The van der Waals surface area contributed by atoms with Gasteiger partial charge in [0.15, 0.2) is 11.5 Å². The lowest BCUT2D eigenvalue weighted by Crippen LogP contribution is -2.36. The van der Waals surface area contributed by atoms with Gasteiger partial charge in [-0.2, -0.15) is 8.42 Å². The molecule has 1 saturated carbocycles. The molecule has 0 atom stereocenters. The van der Waals surface area contributed by atoms with Gasteiger partial charge in [0.1, 0.15) is 0 Å². The molecule has 0 radical (unpaired) electrons. The molecule has 28 heavy (non-hydrogen) atoms. The lowest BCUT2D eigenvalue weighted by Gasteiger charge is -2.28. The molecule has 1 amide bonds. The number of methoxy groups -OCH3 is 1. The molecule has 1 fully saturated rings. The average Bonchev–Trinajstić information content (AvgIpc) is 3.17. The average molecular weight is 412 g/mol. The van der Waals surface area contributed by atoms with E-state index in [9.17, 15) is 13.2 Å². The maximum atomic E-state index is 12.8. The van der Waals surface area contributed by atoms with E-state index in [1.807, 2.05) is 24.8 Å². The first-order chi connectivity index (χ1) is 13.3. The Morgan fingerprint density at radius 2 is 1.89 bits per heavy atom. The van der Waals surface area contributed by atoms with E-state index in [2.05, 4.69) is 0 Å². The molecule has 1 aliphatic carbocycles. The Balaban J connectivity index is 2.11. The van der Waals surface area contributed by atoms with Gasteiger partial charge in [-0.3, -0.25) is 4.79 Å². The van der Waals surface area contributed by atoms with Crippen LogP contribution in [0.3, 0.4) is 0 Å². The highest BCUT2D eigenvalue weighted by Gasteiger charge is 2.22. The highest BCUT2D eigenvalue weighted by molar-refractivity contribution is 7.87. The number of nitrogens with zero attached hydrogens (tertiary/aromatic N) is 1. The number of carbonyl (C=O) groups is 1. The third-order valence-electron chi connectivity index (χ3n) is 5.34. The summed E-state index contributed by atoms with van der Waals surface area (Å²) in [6.07, 6.45) is 6.55. The fourth-order valence-electron chi connectivity index (χ4n) is 3.61. The zero-order valence-corrected chi connectivity index (χ0v) is 18.3. The summed E-state index contributed by atoms with van der Waals surface area (Å²) >= 11 is 0. The number of hydrogen-bond acceptors (Lipinski definition) is 5. The van der Waals surface area contributed by atoms with Gasteiger partial charge in [0, 0.05) is 19.0 Å². The SMILES string of the molecule is CCS(=O)(=O)Oc1cc(CN(C(=O)CCC2CCCC2)C(C)C)ccc1OC. The quantitative estimate of drug-likeness (QED) is 0.541. The number of hydrogen-bond donors (Lipinski definition) is 0. The van der Waals surface area contributed by atoms with Gasteiger partial charge in [0.05, 0.1) is 12.9 Å². The number of amides is 1. The molecule has 0 unspecified atom stereocenters. The van der Waals surface area contributed by atoms with E-state index < -0.39 is 10.1 Å². The fourth-order valence-corrected chi connectivity index (χ4v) is 4.13. The Morgan fingerprint density at radius 3 is 2.46 bits per heavy atom. The number of ether oxygens (including phenoxy) is 1. The highest BCUT2D eigenvalue weighted by Crippen LogP contribution is 2.31. The second kappa shape index (κ2) is 10.1. The van der Waals surface area contributed by atoms with E-state index in [-0.39, 0.29) is 23.5 Å². The Kier molecular flexibility index (Phi) is 8.16. The van der Waals surface area contributed by atoms with E-state index in [0.717, 1.165) is 12.0 Å². The molecule has 0 N–H and O–H groups in total. The van der Waals surface area contributed by atoms with Gasteiger partial charge in [-0.15, -0.1) is 0 Å².